The fraction of sp³-hybridized carbons (Fsp3) is 0.741. The predicted octanol–water partition coefficient (Wildman–Crippen LogP) is 6.42. The predicted molar refractivity (Wildman–Crippen MR) is 124 cm³/mol. The van der Waals surface area contributed by atoms with Crippen LogP contribution in [-0.2, 0) is 9.53 Å². The summed E-state index contributed by atoms with van der Waals surface area (Å²) in [6, 6.07) is 3.34. The van der Waals surface area contributed by atoms with Crippen LogP contribution in [0.1, 0.15) is 92.2 Å². The summed E-state index contributed by atoms with van der Waals surface area (Å²) in [6.07, 6.45) is 5.52. The van der Waals surface area contributed by atoms with Crippen LogP contribution in [-0.4, -0.2) is 23.8 Å². The molecule has 2 fully saturated rings. The van der Waals surface area contributed by atoms with Crippen molar-refractivity contribution >= 4 is 5.97 Å². The van der Waals surface area contributed by atoms with Gasteiger partial charge in [-0.25, -0.2) is 0 Å². The minimum atomic E-state index is -0.671. The molecule has 4 rings (SSSR count). The lowest BCUT2D eigenvalue weighted by molar-refractivity contribution is -0.207. The van der Waals surface area contributed by atoms with Gasteiger partial charge in [-0.15, -0.1) is 0 Å². The highest BCUT2D eigenvalue weighted by Crippen LogP contribution is 2.67. The SMILES string of the molecule is CO[C@@H]1c2cc(OC(=O)C(C)(C)C)c(O)cc2O[C@@]2(C)CC[C@H]3C(C)(C)CCC[C@]3(C)C12. The number of esters is 1. The number of carbonyl (C=O) groups is 1. The van der Waals surface area contributed by atoms with E-state index in [0.29, 0.717) is 11.7 Å². The molecule has 32 heavy (non-hydrogen) atoms. The molecule has 1 unspecified atom stereocenters. The van der Waals surface area contributed by atoms with Crippen molar-refractivity contribution in [1.82, 2.24) is 0 Å². The maximum absolute atomic E-state index is 12.5. The molecule has 2 saturated carbocycles. The lowest BCUT2D eigenvalue weighted by Crippen LogP contribution is -2.62. The molecule has 5 heteroatoms. The highest BCUT2D eigenvalue weighted by molar-refractivity contribution is 5.78. The molecule has 5 nitrogen and oxygen atoms in total. The lowest BCUT2D eigenvalue weighted by atomic mass is 9.44. The van der Waals surface area contributed by atoms with E-state index in [2.05, 4.69) is 27.7 Å². The van der Waals surface area contributed by atoms with E-state index in [1.807, 2.05) is 0 Å². The molecule has 2 aliphatic carbocycles. The Morgan fingerprint density at radius 1 is 1.12 bits per heavy atom. The molecule has 178 valence electrons. The van der Waals surface area contributed by atoms with Crippen LogP contribution in [0.3, 0.4) is 0 Å². The fourth-order valence-electron chi connectivity index (χ4n) is 7.23. The van der Waals surface area contributed by atoms with E-state index < -0.39 is 5.41 Å². The summed E-state index contributed by atoms with van der Waals surface area (Å²) in [6.45, 7) is 14.9. The Hall–Kier alpha value is -1.75. The Balaban J connectivity index is 1.80. The maximum atomic E-state index is 12.5. The first-order chi connectivity index (χ1) is 14.7. The van der Waals surface area contributed by atoms with E-state index in [4.69, 9.17) is 14.2 Å². The number of methoxy groups -OCH3 is 1. The molecule has 1 N–H and O–H groups in total. The van der Waals surface area contributed by atoms with Gasteiger partial charge < -0.3 is 19.3 Å². The summed E-state index contributed by atoms with van der Waals surface area (Å²) in [5.74, 6) is 1.08. The summed E-state index contributed by atoms with van der Waals surface area (Å²) in [4.78, 5) is 12.5. The number of fused-ring (bicyclic) bond motifs is 4. The second kappa shape index (κ2) is 7.38. The number of carbonyl (C=O) groups excluding carboxylic acids is 1. The van der Waals surface area contributed by atoms with Crippen LogP contribution in [0.25, 0.3) is 0 Å². The van der Waals surface area contributed by atoms with Crippen molar-refractivity contribution in [3.8, 4) is 17.2 Å². The van der Waals surface area contributed by atoms with Crippen LogP contribution in [0.4, 0.5) is 0 Å². The summed E-state index contributed by atoms with van der Waals surface area (Å²) in [5.41, 5.74) is 0.176. The second-order valence-corrected chi connectivity index (χ2v) is 12.5. The number of aromatic hydroxyl groups is 1. The number of hydrogen-bond donors (Lipinski definition) is 1. The van der Waals surface area contributed by atoms with Crippen LogP contribution in [0.15, 0.2) is 12.1 Å². The van der Waals surface area contributed by atoms with Gasteiger partial charge in [0, 0.05) is 24.7 Å². The van der Waals surface area contributed by atoms with Crippen molar-refractivity contribution in [2.45, 2.75) is 92.3 Å². The molecular weight excluding hydrogens is 404 g/mol. The third-order valence-corrected chi connectivity index (χ3v) is 8.69. The summed E-state index contributed by atoms with van der Waals surface area (Å²) >= 11 is 0. The third-order valence-electron chi connectivity index (χ3n) is 8.69. The first-order valence-electron chi connectivity index (χ1n) is 12.0. The zero-order valence-electron chi connectivity index (χ0n) is 21.0. The maximum Gasteiger partial charge on any atom is 0.316 e. The third kappa shape index (κ3) is 3.52. The molecule has 0 radical (unpaired) electrons. The van der Waals surface area contributed by atoms with Gasteiger partial charge in [0.25, 0.3) is 0 Å². The molecule has 1 aromatic rings. The van der Waals surface area contributed by atoms with Gasteiger partial charge in [-0.2, -0.15) is 0 Å². The fourth-order valence-corrected chi connectivity index (χ4v) is 7.23. The molecule has 1 aromatic carbocycles. The largest absolute Gasteiger partial charge is 0.504 e. The molecule has 1 aliphatic heterocycles. The van der Waals surface area contributed by atoms with E-state index >= 15 is 0 Å². The molecule has 3 aliphatic rings. The van der Waals surface area contributed by atoms with Crippen molar-refractivity contribution < 1.29 is 24.1 Å². The molecule has 0 saturated heterocycles. The van der Waals surface area contributed by atoms with Crippen LogP contribution >= 0.6 is 0 Å². The quantitative estimate of drug-likeness (QED) is 0.421. The highest BCUT2D eigenvalue weighted by atomic mass is 16.5. The minimum Gasteiger partial charge on any atom is -0.504 e. The number of benzene rings is 1. The standard InChI is InChI=1S/C27H40O5/c1-24(2,3)23(29)31-19-14-16-18(15-17(19)28)32-27(7)13-10-20-25(4,5)11-9-12-26(20,6)22(27)21(16)30-8/h14-15,20-22,28H,9-13H2,1-8H3/t20-,21+,22?,26-,27-/m0/s1. The Morgan fingerprint density at radius 3 is 2.44 bits per heavy atom. The van der Waals surface area contributed by atoms with Crippen LogP contribution < -0.4 is 9.47 Å². The van der Waals surface area contributed by atoms with Crippen molar-refractivity contribution in [1.29, 1.82) is 0 Å². The summed E-state index contributed by atoms with van der Waals surface area (Å²) in [7, 11) is 1.76. The van der Waals surface area contributed by atoms with Gasteiger partial charge >= 0.3 is 5.97 Å². The zero-order chi connectivity index (χ0) is 23.7. The van der Waals surface area contributed by atoms with Gasteiger partial charge in [-0.1, -0.05) is 27.2 Å². The monoisotopic (exact) mass is 444 g/mol. The van der Waals surface area contributed by atoms with Gasteiger partial charge in [0.2, 0.25) is 0 Å². The zero-order valence-corrected chi connectivity index (χ0v) is 21.0. The van der Waals surface area contributed by atoms with Crippen molar-refractivity contribution in [2.24, 2.45) is 28.1 Å². The topological polar surface area (TPSA) is 65.0 Å². The number of hydrogen-bond acceptors (Lipinski definition) is 5. The average molecular weight is 445 g/mol. The second-order valence-electron chi connectivity index (χ2n) is 12.5. The molecule has 0 aromatic heterocycles. The first kappa shape index (κ1) is 23.4. The Morgan fingerprint density at radius 2 is 1.81 bits per heavy atom. The number of rotatable bonds is 2. The van der Waals surface area contributed by atoms with Crippen LogP contribution in [0.5, 0.6) is 17.2 Å². The Kier molecular flexibility index (Phi) is 5.40. The first-order valence-corrected chi connectivity index (χ1v) is 12.0. The van der Waals surface area contributed by atoms with E-state index in [0.717, 1.165) is 24.8 Å². The van der Waals surface area contributed by atoms with E-state index in [9.17, 15) is 9.90 Å². The van der Waals surface area contributed by atoms with Gasteiger partial charge in [0.05, 0.1) is 11.5 Å². The van der Waals surface area contributed by atoms with E-state index in [1.165, 1.54) is 12.8 Å². The van der Waals surface area contributed by atoms with Crippen molar-refractivity contribution in [3.05, 3.63) is 17.7 Å². The smallest absolute Gasteiger partial charge is 0.316 e. The Bertz CT molecular complexity index is 913. The van der Waals surface area contributed by atoms with E-state index in [1.54, 1.807) is 40.0 Å². The highest BCUT2D eigenvalue weighted by Gasteiger charge is 2.63. The van der Waals surface area contributed by atoms with Crippen molar-refractivity contribution in [3.63, 3.8) is 0 Å². The van der Waals surface area contributed by atoms with Gasteiger partial charge in [-0.3, -0.25) is 4.79 Å². The molecule has 5 atom stereocenters. The number of phenolic OH excluding ortho intramolecular Hbond substituents is 1. The van der Waals surface area contributed by atoms with Gasteiger partial charge in [0.1, 0.15) is 11.4 Å². The van der Waals surface area contributed by atoms with Crippen LogP contribution in [0, 0.1) is 28.1 Å². The lowest BCUT2D eigenvalue weighted by Gasteiger charge is -2.64. The molecule has 1 heterocycles. The minimum absolute atomic E-state index is 0.0766. The van der Waals surface area contributed by atoms with E-state index in [-0.39, 0.29) is 45.9 Å². The number of phenols is 1. The van der Waals surface area contributed by atoms with Crippen molar-refractivity contribution in [2.75, 3.05) is 7.11 Å². The average Bonchev–Trinajstić information content (AvgIpc) is 2.65. The normalized spacial score (nSPS) is 35.7. The molecule has 0 amide bonds. The van der Waals surface area contributed by atoms with Crippen LogP contribution in [0.2, 0.25) is 0 Å². The molecule has 0 bridgehead atoms. The van der Waals surface area contributed by atoms with Gasteiger partial charge in [-0.05, 0) is 76.2 Å². The Labute approximate surface area is 192 Å². The van der Waals surface area contributed by atoms with Gasteiger partial charge in [0.15, 0.2) is 11.5 Å². The summed E-state index contributed by atoms with van der Waals surface area (Å²) in [5, 5.41) is 10.6. The summed E-state index contributed by atoms with van der Waals surface area (Å²) < 4.78 is 18.5. The molecular formula is C27H40O5. The molecule has 0 spiro atoms. The number of ether oxygens (including phenoxy) is 3.